The zero-order valence-corrected chi connectivity index (χ0v) is 39.3. The van der Waals surface area contributed by atoms with Crippen molar-refractivity contribution in [2.75, 3.05) is 29.5 Å². The van der Waals surface area contributed by atoms with Gasteiger partial charge in [-0.05, 0) is 94.8 Å². The molecule has 2 unspecified atom stereocenters. The van der Waals surface area contributed by atoms with Crippen molar-refractivity contribution in [3.63, 3.8) is 0 Å². The van der Waals surface area contributed by atoms with E-state index in [4.69, 9.17) is 9.66 Å². The molecule has 4 rings (SSSR count). The van der Waals surface area contributed by atoms with Crippen LogP contribution in [-0.2, 0) is 65.7 Å². The predicted molar refractivity (Wildman–Crippen MR) is 239 cm³/mol. The van der Waals surface area contributed by atoms with Gasteiger partial charge in [-0.3, -0.25) is 32.6 Å². The summed E-state index contributed by atoms with van der Waals surface area (Å²) in [5, 5.41) is 18.5. The van der Waals surface area contributed by atoms with Gasteiger partial charge in [-0.25, -0.2) is 0 Å². The van der Waals surface area contributed by atoms with Gasteiger partial charge in [-0.1, -0.05) is 31.1 Å². The molecule has 19 nitrogen and oxygen atoms in total. The Morgan fingerprint density at radius 2 is 1.31 bits per heavy atom. The molecular formula is C42H55N2O17S4+. The van der Waals surface area contributed by atoms with Gasteiger partial charge in [0.05, 0.1) is 26.7 Å². The van der Waals surface area contributed by atoms with Gasteiger partial charge >= 0.3 is 11.9 Å². The lowest BCUT2D eigenvalue weighted by Gasteiger charge is -2.30. The number of benzene rings is 2. The van der Waals surface area contributed by atoms with Gasteiger partial charge in [0.1, 0.15) is 18.2 Å². The van der Waals surface area contributed by atoms with Crippen LogP contribution in [0.4, 0.5) is 11.4 Å². The second-order valence-electron chi connectivity index (χ2n) is 16.8. The van der Waals surface area contributed by atoms with Gasteiger partial charge in [0.15, 0.2) is 5.71 Å². The van der Waals surface area contributed by atoms with Crippen LogP contribution >= 0.6 is 0 Å². The molecule has 2 aliphatic heterocycles. The molecule has 0 saturated carbocycles. The molecule has 0 radical (unpaired) electrons. The molecule has 0 fully saturated rings. The van der Waals surface area contributed by atoms with Crippen LogP contribution in [0.25, 0.3) is 0 Å². The molecular weight excluding hydrogens is 933 g/mol. The molecule has 0 bridgehead atoms. The highest BCUT2D eigenvalue weighted by Crippen LogP contribution is 2.51. The molecule has 0 aliphatic carbocycles. The summed E-state index contributed by atoms with van der Waals surface area (Å²) in [4.78, 5) is 36.4. The summed E-state index contributed by atoms with van der Waals surface area (Å²) >= 11 is 0. The third-order valence-electron chi connectivity index (χ3n) is 11.6. The smallest absolute Gasteiger partial charge is 0.315 e. The summed E-state index contributed by atoms with van der Waals surface area (Å²) in [7, 11) is -18.3. The Bertz CT molecular complexity index is 2760. The second kappa shape index (κ2) is 20.9. The molecule has 0 amide bonds. The number of hydrogen-bond acceptors (Lipinski definition) is 12. The minimum Gasteiger partial charge on any atom is -0.481 e. The van der Waals surface area contributed by atoms with Crippen molar-refractivity contribution in [2.45, 2.75) is 106 Å². The maximum absolute atomic E-state index is 12.5. The zero-order chi connectivity index (χ0) is 48.8. The van der Waals surface area contributed by atoms with Crippen LogP contribution in [0.1, 0.15) is 96.1 Å². The Labute approximate surface area is 379 Å². The van der Waals surface area contributed by atoms with Crippen LogP contribution in [0, 0.1) is 5.92 Å². The summed E-state index contributed by atoms with van der Waals surface area (Å²) < 4.78 is 135. The van der Waals surface area contributed by atoms with E-state index in [0.29, 0.717) is 79.0 Å². The largest absolute Gasteiger partial charge is 0.481 e. The summed E-state index contributed by atoms with van der Waals surface area (Å²) in [6, 6.07) is 8.29. The van der Waals surface area contributed by atoms with Gasteiger partial charge in [0, 0.05) is 60.3 Å². The first kappa shape index (κ1) is 53.0. The Morgan fingerprint density at radius 3 is 1.89 bits per heavy atom. The molecule has 65 heavy (non-hydrogen) atoms. The number of carbonyl (C=O) groups is 3. The van der Waals surface area contributed by atoms with Gasteiger partial charge < -0.3 is 15.1 Å². The highest BCUT2D eigenvalue weighted by atomic mass is 32.2. The highest BCUT2D eigenvalue weighted by molar-refractivity contribution is 7.86. The third-order valence-corrected chi connectivity index (χ3v) is 14.9. The predicted octanol–water partition coefficient (Wildman–Crippen LogP) is 5.36. The molecule has 2 atom stereocenters. The molecule has 0 saturated heterocycles. The number of aliphatic carboxylic acids is 2. The standard InChI is InChI=1S/C42H54N2O17S4/c1-41(2)32-26-29(64(56,57)58)18-20-34(32)43(23-12-6-7-14-36(45)31(40(48)49)28-63(53,54)55)37(41)15-8-4-9-16-38-42(3,22-11-5-10-17-39(46)47)33-27-30(65(59,60)61)19-21-35(33)44(38)24-13-25-62(50,51)52/h4,8-9,15-16,18-21,26-27,31H,5-7,10-14,17,22-25,28H2,1-3H3,(H5-,46,47,48,49,50,51,52,53,54,55,56,57,58,59,60,61)/p+1. The van der Waals surface area contributed by atoms with Crippen molar-refractivity contribution in [1.82, 2.24) is 0 Å². The molecule has 0 spiro atoms. The normalized spacial score (nSPS) is 18.8. The quantitative estimate of drug-likeness (QED) is 0.0240. The Kier molecular flexibility index (Phi) is 17.0. The lowest BCUT2D eigenvalue weighted by Crippen LogP contribution is -2.30. The molecule has 2 aromatic rings. The van der Waals surface area contributed by atoms with Crippen molar-refractivity contribution in [2.24, 2.45) is 5.92 Å². The third kappa shape index (κ3) is 14.0. The number of hydrogen-bond donors (Lipinski definition) is 6. The van der Waals surface area contributed by atoms with Crippen LogP contribution < -0.4 is 4.90 Å². The number of anilines is 1. The molecule has 23 heteroatoms. The van der Waals surface area contributed by atoms with E-state index in [1.54, 1.807) is 36.4 Å². The Hall–Kier alpha value is -4.62. The number of nitrogens with zero attached hydrogens (tertiary/aromatic N) is 2. The molecule has 6 N–H and O–H groups in total. The fourth-order valence-corrected chi connectivity index (χ4v) is 10.6. The minimum absolute atomic E-state index is 0.00966. The van der Waals surface area contributed by atoms with Crippen LogP contribution in [0.2, 0.25) is 0 Å². The molecule has 2 aliphatic rings. The van der Waals surface area contributed by atoms with Crippen molar-refractivity contribution in [1.29, 1.82) is 0 Å². The lowest BCUT2D eigenvalue weighted by atomic mass is 9.77. The highest BCUT2D eigenvalue weighted by Gasteiger charge is 2.46. The number of allylic oxidation sites excluding steroid dienone is 6. The number of carboxylic acid groups (broad SMARTS) is 2. The van der Waals surface area contributed by atoms with Gasteiger partial charge in [-0.15, -0.1) is 0 Å². The van der Waals surface area contributed by atoms with Crippen molar-refractivity contribution in [3.05, 3.63) is 83.6 Å². The number of Topliss-reactive ketones (excluding diaryl/α,β-unsaturated/α-hetero) is 1. The van der Waals surface area contributed by atoms with E-state index >= 15 is 0 Å². The van der Waals surface area contributed by atoms with Crippen molar-refractivity contribution >= 4 is 75.3 Å². The van der Waals surface area contributed by atoms with Gasteiger partial charge in [0.25, 0.3) is 40.5 Å². The fraction of sp³-hybridized carbons (Fsp3) is 0.476. The van der Waals surface area contributed by atoms with Crippen LogP contribution in [0.5, 0.6) is 0 Å². The van der Waals surface area contributed by atoms with Crippen molar-refractivity contribution in [3.8, 4) is 0 Å². The minimum atomic E-state index is -4.72. The van der Waals surface area contributed by atoms with E-state index in [0.717, 1.165) is 0 Å². The maximum atomic E-state index is 12.5. The van der Waals surface area contributed by atoms with E-state index < -0.39 is 86.4 Å². The number of fused-ring (bicyclic) bond motifs is 2. The average molecular weight is 988 g/mol. The fourth-order valence-electron chi connectivity index (χ4n) is 8.38. The SMILES string of the molecule is CC1(C)C(C=CC=CC=C2N(CCCS(=O)(=O)O)c3ccc(S(=O)(=O)O)cc3C2(C)CCCCCC(=O)O)=[N+](CCCCCC(=O)C(CS(=O)(=O)O)C(=O)O)c2ccc(S(=O)(=O)O)cc21. The zero-order valence-electron chi connectivity index (χ0n) is 36.0. The molecule has 2 aromatic carbocycles. The molecule has 2 heterocycles. The first-order chi connectivity index (χ1) is 30.0. The molecule has 0 aromatic heterocycles. The maximum Gasteiger partial charge on any atom is 0.315 e. The summed E-state index contributed by atoms with van der Waals surface area (Å²) in [5.74, 6) is -7.17. The van der Waals surface area contributed by atoms with E-state index in [9.17, 15) is 66.8 Å². The van der Waals surface area contributed by atoms with Crippen LogP contribution in [0.3, 0.4) is 0 Å². The Morgan fingerprint density at radius 1 is 0.708 bits per heavy atom. The monoisotopic (exact) mass is 987 g/mol. The number of rotatable bonds is 25. The van der Waals surface area contributed by atoms with Crippen LogP contribution in [-0.4, -0.2) is 115 Å². The lowest BCUT2D eigenvalue weighted by molar-refractivity contribution is -0.438. The van der Waals surface area contributed by atoms with E-state index in [1.165, 1.54) is 30.3 Å². The van der Waals surface area contributed by atoms with E-state index in [-0.39, 0.29) is 42.0 Å². The second-order valence-corrected chi connectivity index (χ2v) is 22.7. The van der Waals surface area contributed by atoms with Crippen LogP contribution in [0.15, 0.2) is 82.3 Å². The summed E-state index contributed by atoms with van der Waals surface area (Å²) in [5.41, 5.74) is 1.86. The summed E-state index contributed by atoms with van der Waals surface area (Å²) in [6.45, 7) is 6.00. The number of carboxylic acids is 2. The van der Waals surface area contributed by atoms with E-state index in [2.05, 4.69) is 0 Å². The summed E-state index contributed by atoms with van der Waals surface area (Å²) in [6.07, 6.45) is 11.3. The first-order valence-electron chi connectivity index (χ1n) is 20.6. The Balaban J connectivity index is 1.70. The average Bonchev–Trinajstić information content (AvgIpc) is 3.53. The van der Waals surface area contributed by atoms with E-state index in [1.807, 2.05) is 30.2 Å². The van der Waals surface area contributed by atoms with Crippen molar-refractivity contribution < 1.29 is 81.1 Å². The molecule has 358 valence electrons. The topological polar surface area (TPSA) is 315 Å². The first-order valence-corrected chi connectivity index (χ1v) is 26.7. The van der Waals surface area contributed by atoms with Gasteiger partial charge in [0.2, 0.25) is 5.69 Å². The number of unbranched alkanes of at least 4 members (excludes halogenated alkanes) is 4. The number of carbonyl (C=O) groups excluding carboxylic acids is 1. The number of ketones is 1. The van der Waals surface area contributed by atoms with Gasteiger partial charge in [-0.2, -0.15) is 38.2 Å².